The summed E-state index contributed by atoms with van der Waals surface area (Å²) in [5.74, 6) is -1.81. The first kappa shape index (κ1) is 30.0. The normalized spacial score (nSPS) is 10.4. The number of aromatic nitrogens is 6. The van der Waals surface area contributed by atoms with Crippen LogP contribution in [-0.2, 0) is 18.8 Å². The van der Waals surface area contributed by atoms with Crippen molar-refractivity contribution in [3.63, 3.8) is 0 Å². The Morgan fingerprint density at radius 1 is 0.925 bits per heavy atom. The smallest absolute Gasteiger partial charge is 0.358 e. The highest BCUT2D eigenvalue weighted by atomic mass is 79.9. The van der Waals surface area contributed by atoms with E-state index in [2.05, 4.69) is 56.8 Å². The molecular weight excluding hydrogens is 664 g/mol. The van der Waals surface area contributed by atoms with Gasteiger partial charge in [-0.2, -0.15) is 10.2 Å². The first-order chi connectivity index (χ1) is 18.8. The molecule has 1 N–H and O–H groups in total. The van der Waals surface area contributed by atoms with Gasteiger partial charge in [-0.05, 0) is 38.8 Å². The number of carboxylic acids is 1. The maximum Gasteiger partial charge on any atom is 0.358 e. The molecule has 0 spiro atoms. The molecule has 0 atom stereocenters. The quantitative estimate of drug-likeness (QED) is 0.173. The summed E-state index contributed by atoms with van der Waals surface area (Å²) in [6.45, 7) is 1.54. The van der Waals surface area contributed by atoms with Gasteiger partial charge in [-0.1, -0.05) is 0 Å². The molecule has 16 nitrogen and oxygen atoms in total. The van der Waals surface area contributed by atoms with Gasteiger partial charge in [-0.3, -0.25) is 29.6 Å². The van der Waals surface area contributed by atoms with E-state index in [4.69, 9.17) is 5.11 Å². The summed E-state index contributed by atoms with van der Waals surface area (Å²) >= 11 is 6.25. The lowest BCUT2D eigenvalue weighted by atomic mass is 10.1. The topological polar surface area (TPSA) is 211 Å². The molecular formula is C22H18Br2N8O8. The van der Waals surface area contributed by atoms with Crippen LogP contribution in [0.3, 0.4) is 0 Å². The van der Waals surface area contributed by atoms with Crippen molar-refractivity contribution in [2.45, 2.75) is 6.92 Å². The van der Waals surface area contributed by atoms with Crippen molar-refractivity contribution in [2.24, 2.45) is 14.1 Å². The number of aryl methyl sites for hydroxylation is 2. The third-order valence-electron chi connectivity index (χ3n) is 5.29. The minimum Gasteiger partial charge on any atom is -0.476 e. The van der Waals surface area contributed by atoms with E-state index in [9.17, 15) is 29.8 Å². The number of carboxylic acid groups (broad SMARTS) is 1. The molecule has 0 saturated heterocycles. The number of halogens is 2. The fourth-order valence-corrected chi connectivity index (χ4v) is 4.21. The van der Waals surface area contributed by atoms with Crippen molar-refractivity contribution >= 4 is 55.2 Å². The number of esters is 1. The van der Waals surface area contributed by atoms with Crippen LogP contribution in [-0.4, -0.2) is 63.5 Å². The second-order valence-corrected chi connectivity index (χ2v) is 9.67. The van der Waals surface area contributed by atoms with Crippen molar-refractivity contribution in [2.75, 3.05) is 7.11 Å². The SMILES string of the molecule is COC(=O)c1cc(-c2ncc(Br)cc2[N+](=O)[O-])n(C)n1.Cc1c(C(=O)O)nn(C)c1-c1ncc(Br)cc1[N+](=O)[O-]. The molecule has 40 heavy (non-hydrogen) atoms. The Hall–Kier alpha value is -4.58. The van der Waals surface area contributed by atoms with Gasteiger partial charge in [0, 0.05) is 59.2 Å². The molecule has 0 aliphatic heterocycles. The summed E-state index contributed by atoms with van der Waals surface area (Å²) in [7, 11) is 4.31. The lowest BCUT2D eigenvalue weighted by Crippen LogP contribution is -2.03. The van der Waals surface area contributed by atoms with Crippen LogP contribution in [0.4, 0.5) is 11.4 Å². The predicted octanol–water partition coefficient (Wildman–Crippen LogP) is 4.10. The molecule has 208 valence electrons. The maximum atomic E-state index is 11.4. The Morgan fingerprint density at radius 3 is 1.93 bits per heavy atom. The fraction of sp³-hybridized carbons (Fsp3) is 0.182. The number of ether oxygens (including phenoxy) is 1. The van der Waals surface area contributed by atoms with Crippen LogP contribution in [0.2, 0.25) is 0 Å². The first-order valence-corrected chi connectivity index (χ1v) is 12.3. The molecule has 0 aliphatic rings. The zero-order chi connectivity index (χ0) is 29.9. The summed E-state index contributed by atoms with van der Waals surface area (Å²) < 4.78 is 8.14. The Balaban J connectivity index is 0.000000220. The highest BCUT2D eigenvalue weighted by Crippen LogP contribution is 2.33. The number of nitro groups is 2. The minimum atomic E-state index is -1.19. The number of pyridine rings is 2. The van der Waals surface area contributed by atoms with Gasteiger partial charge < -0.3 is 9.84 Å². The van der Waals surface area contributed by atoms with Gasteiger partial charge in [0.2, 0.25) is 0 Å². The second kappa shape index (κ2) is 12.1. The Labute approximate surface area is 241 Å². The zero-order valence-electron chi connectivity index (χ0n) is 21.0. The van der Waals surface area contributed by atoms with E-state index < -0.39 is 21.8 Å². The van der Waals surface area contributed by atoms with Crippen molar-refractivity contribution < 1.29 is 29.3 Å². The highest BCUT2D eigenvalue weighted by Gasteiger charge is 2.26. The molecule has 0 bridgehead atoms. The average molecular weight is 682 g/mol. The molecule has 4 aromatic rings. The molecule has 0 unspecified atom stereocenters. The molecule has 0 aliphatic carbocycles. The fourth-order valence-electron chi connectivity index (χ4n) is 3.57. The first-order valence-electron chi connectivity index (χ1n) is 10.8. The Morgan fingerprint density at radius 2 is 1.45 bits per heavy atom. The molecule has 0 saturated carbocycles. The number of carbonyl (C=O) groups excluding carboxylic acids is 1. The van der Waals surface area contributed by atoms with E-state index in [1.807, 2.05) is 0 Å². The number of methoxy groups -OCH3 is 1. The molecule has 18 heteroatoms. The molecule has 0 amide bonds. The van der Waals surface area contributed by atoms with E-state index in [1.54, 1.807) is 14.0 Å². The number of hydrogen-bond donors (Lipinski definition) is 1. The highest BCUT2D eigenvalue weighted by molar-refractivity contribution is 9.10. The van der Waals surface area contributed by atoms with Gasteiger partial charge in [0.1, 0.15) is 0 Å². The third-order valence-corrected chi connectivity index (χ3v) is 6.16. The van der Waals surface area contributed by atoms with E-state index in [-0.39, 0.29) is 34.2 Å². The number of rotatable bonds is 6. The number of carbonyl (C=O) groups is 2. The standard InChI is InChI=1S/2C11H9BrN4O4/c1-15-8(4-7(14-15)11(17)20-2)10-9(16(18)19)3-6(12)5-13-10;1-5-8(11(17)18)14-15(2)10(5)9-7(16(19)20)3-6(12)4-13-9/h3-5H,1-2H3;3-4H,1-2H3,(H,17,18). The van der Waals surface area contributed by atoms with Crippen molar-refractivity contribution in [1.82, 2.24) is 29.5 Å². The van der Waals surface area contributed by atoms with Crippen LogP contribution < -0.4 is 0 Å². The van der Waals surface area contributed by atoms with Crippen LogP contribution in [0.15, 0.2) is 39.5 Å². The van der Waals surface area contributed by atoms with Crippen molar-refractivity contribution in [3.8, 4) is 22.8 Å². The number of aromatic carboxylic acids is 1. The lowest BCUT2D eigenvalue weighted by Gasteiger charge is -2.04. The summed E-state index contributed by atoms with van der Waals surface area (Å²) in [4.78, 5) is 51.6. The van der Waals surface area contributed by atoms with Gasteiger partial charge >= 0.3 is 11.9 Å². The van der Waals surface area contributed by atoms with Gasteiger partial charge in [0.05, 0.1) is 28.3 Å². The van der Waals surface area contributed by atoms with Crippen LogP contribution in [0.25, 0.3) is 22.8 Å². The van der Waals surface area contributed by atoms with Crippen LogP contribution in [0, 0.1) is 27.2 Å². The lowest BCUT2D eigenvalue weighted by molar-refractivity contribution is -0.384. The third kappa shape index (κ3) is 6.18. The molecule has 0 fully saturated rings. The molecule has 4 rings (SSSR count). The van der Waals surface area contributed by atoms with Crippen molar-refractivity contribution in [1.29, 1.82) is 0 Å². The minimum absolute atomic E-state index is 0.0593. The van der Waals surface area contributed by atoms with Gasteiger partial charge in [-0.15, -0.1) is 0 Å². The van der Waals surface area contributed by atoms with Crippen molar-refractivity contribution in [3.05, 3.63) is 76.7 Å². The van der Waals surface area contributed by atoms with E-state index in [0.717, 1.165) is 0 Å². The Bertz CT molecular complexity index is 1670. The van der Waals surface area contributed by atoms with Gasteiger partial charge in [0.25, 0.3) is 11.4 Å². The molecule has 4 aromatic heterocycles. The zero-order valence-corrected chi connectivity index (χ0v) is 24.2. The predicted molar refractivity (Wildman–Crippen MR) is 145 cm³/mol. The van der Waals surface area contributed by atoms with E-state index in [0.29, 0.717) is 25.9 Å². The van der Waals surface area contributed by atoms with Crippen LogP contribution in [0.5, 0.6) is 0 Å². The Kier molecular flexibility index (Phi) is 9.05. The molecule has 0 aromatic carbocycles. The van der Waals surface area contributed by atoms with Gasteiger partial charge in [-0.25, -0.2) is 19.6 Å². The molecule has 4 heterocycles. The van der Waals surface area contributed by atoms with Crippen LogP contribution >= 0.6 is 31.9 Å². The second-order valence-electron chi connectivity index (χ2n) is 7.84. The molecule has 0 radical (unpaired) electrons. The monoisotopic (exact) mass is 680 g/mol. The summed E-state index contributed by atoms with van der Waals surface area (Å²) in [6, 6.07) is 4.05. The number of hydrogen-bond acceptors (Lipinski definition) is 11. The maximum absolute atomic E-state index is 11.4. The summed E-state index contributed by atoms with van der Waals surface area (Å²) in [6.07, 6.45) is 2.85. The number of nitrogens with zero attached hydrogens (tertiary/aromatic N) is 8. The van der Waals surface area contributed by atoms with Gasteiger partial charge in [0.15, 0.2) is 22.8 Å². The van der Waals surface area contributed by atoms with E-state index in [1.165, 1.54) is 54.1 Å². The summed E-state index contributed by atoms with van der Waals surface area (Å²) in [5, 5.41) is 39.0. The largest absolute Gasteiger partial charge is 0.476 e. The van der Waals surface area contributed by atoms with E-state index >= 15 is 0 Å². The average Bonchev–Trinajstić information content (AvgIpc) is 3.42. The van der Waals surface area contributed by atoms with Crippen LogP contribution in [0.1, 0.15) is 26.5 Å². The summed E-state index contributed by atoms with van der Waals surface area (Å²) in [5.41, 5.74) is 0.706.